The highest BCUT2D eigenvalue weighted by Gasteiger charge is 2.30. The molecule has 0 saturated carbocycles. The Bertz CT molecular complexity index is 534. The van der Waals surface area contributed by atoms with Gasteiger partial charge in [-0.2, -0.15) is 5.10 Å². The average Bonchev–Trinajstić information content (AvgIpc) is 2.83. The highest BCUT2D eigenvalue weighted by molar-refractivity contribution is 5.96. The van der Waals surface area contributed by atoms with Crippen LogP contribution in [0.25, 0.3) is 0 Å². The molecule has 0 aromatic carbocycles. The zero-order valence-corrected chi connectivity index (χ0v) is 13.5. The summed E-state index contributed by atoms with van der Waals surface area (Å²) in [5.41, 5.74) is 0.0947. The van der Waals surface area contributed by atoms with Gasteiger partial charge in [0, 0.05) is 12.1 Å². The first-order valence-electron chi connectivity index (χ1n) is 7.28. The summed E-state index contributed by atoms with van der Waals surface area (Å²) in [7, 11) is 0. The van der Waals surface area contributed by atoms with Crippen LogP contribution in [0, 0.1) is 10.1 Å². The van der Waals surface area contributed by atoms with E-state index in [4.69, 9.17) is 0 Å². The van der Waals surface area contributed by atoms with Crippen LogP contribution in [0.3, 0.4) is 0 Å². The summed E-state index contributed by atoms with van der Waals surface area (Å²) >= 11 is 0. The highest BCUT2D eigenvalue weighted by Crippen LogP contribution is 2.22. The van der Waals surface area contributed by atoms with E-state index in [1.54, 1.807) is 0 Å². The molecule has 2 rings (SSSR count). The summed E-state index contributed by atoms with van der Waals surface area (Å²) in [5, 5.41) is 23.8. The fraction of sp³-hybridized carbons (Fsp3) is 0.692. The van der Waals surface area contributed by atoms with Crippen LogP contribution in [-0.2, 0) is 6.42 Å². The first-order valence-corrected chi connectivity index (χ1v) is 7.28. The quantitative estimate of drug-likeness (QED) is 0.560. The third-order valence-electron chi connectivity index (χ3n) is 3.67. The molecule has 8 nitrogen and oxygen atoms in total. The Balaban J connectivity index is 0.00000242. The van der Waals surface area contributed by atoms with Gasteiger partial charge in [-0.15, -0.1) is 12.4 Å². The predicted molar refractivity (Wildman–Crippen MR) is 84.4 cm³/mol. The molecule has 0 spiro atoms. The minimum atomic E-state index is -0.533. The van der Waals surface area contributed by atoms with Gasteiger partial charge >= 0.3 is 5.69 Å². The van der Waals surface area contributed by atoms with Crippen molar-refractivity contribution in [2.45, 2.75) is 51.6 Å². The molecular formula is C13H22ClN5O3. The lowest BCUT2D eigenvalue weighted by atomic mass is 10.0. The summed E-state index contributed by atoms with van der Waals surface area (Å²) < 4.78 is 0. The van der Waals surface area contributed by atoms with Crippen molar-refractivity contribution < 1.29 is 9.72 Å². The Hall–Kier alpha value is -1.67. The molecule has 9 heteroatoms. The van der Waals surface area contributed by atoms with E-state index in [2.05, 4.69) is 27.8 Å². The Labute approximate surface area is 135 Å². The summed E-state index contributed by atoms with van der Waals surface area (Å²) in [6.07, 6.45) is 2.87. The zero-order chi connectivity index (χ0) is 15.4. The average molecular weight is 332 g/mol. The number of rotatable bonds is 5. The summed E-state index contributed by atoms with van der Waals surface area (Å²) in [5.74, 6) is -0.473. The second-order valence-electron chi connectivity index (χ2n) is 5.46. The van der Waals surface area contributed by atoms with Gasteiger partial charge in [0.1, 0.15) is 5.69 Å². The van der Waals surface area contributed by atoms with Crippen LogP contribution in [0.4, 0.5) is 5.69 Å². The van der Waals surface area contributed by atoms with Crippen LogP contribution in [0.1, 0.15) is 49.3 Å². The molecule has 2 unspecified atom stereocenters. The highest BCUT2D eigenvalue weighted by atomic mass is 35.5. The van der Waals surface area contributed by atoms with Gasteiger partial charge in [0.15, 0.2) is 0 Å². The molecule has 1 aromatic heterocycles. The van der Waals surface area contributed by atoms with Crippen molar-refractivity contribution in [3.63, 3.8) is 0 Å². The molecule has 0 aliphatic carbocycles. The molecule has 124 valence electrons. The minimum absolute atomic E-state index is 0. The van der Waals surface area contributed by atoms with E-state index in [-0.39, 0.29) is 29.8 Å². The van der Waals surface area contributed by atoms with Crippen LogP contribution in [0.15, 0.2) is 0 Å². The summed E-state index contributed by atoms with van der Waals surface area (Å²) in [6, 6.07) is 0.355. The van der Waals surface area contributed by atoms with Crippen molar-refractivity contribution in [1.29, 1.82) is 0 Å². The number of hydrogen-bond acceptors (Lipinski definition) is 5. The van der Waals surface area contributed by atoms with E-state index in [1.165, 1.54) is 0 Å². The Kier molecular flexibility index (Phi) is 6.76. The fourth-order valence-electron chi connectivity index (χ4n) is 2.67. The van der Waals surface area contributed by atoms with E-state index in [9.17, 15) is 14.9 Å². The third kappa shape index (κ3) is 4.17. The topological polar surface area (TPSA) is 113 Å². The van der Waals surface area contributed by atoms with Gasteiger partial charge in [0.25, 0.3) is 5.91 Å². The van der Waals surface area contributed by atoms with Gasteiger partial charge in [-0.1, -0.05) is 13.3 Å². The number of aromatic nitrogens is 2. The second kappa shape index (κ2) is 8.09. The molecular weight excluding hydrogens is 310 g/mol. The Morgan fingerprint density at radius 1 is 1.55 bits per heavy atom. The molecule has 3 N–H and O–H groups in total. The number of carbonyl (C=O) groups excluding carboxylic acids is 1. The van der Waals surface area contributed by atoms with Gasteiger partial charge < -0.3 is 10.6 Å². The number of piperidine rings is 1. The monoisotopic (exact) mass is 331 g/mol. The minimum Gasteiger partial charge on any atom is -0.348 e. The lowest BCUT2D eigenvalue weighted by Crippen LogP contribution is -2.46. The number of aromatic amines is 1. The fourth-order valence-corrected chi connectivity index (χ4v) is 2.67. The molecule has 0 bridgehead atoms. The maximum Gasteiger partial charge on any atom is 0.322 e. The van der Waals surface area contributed by atoms with Gasteiger partial charge in [-0.05, 0) is 32.7 Å². The first kappa shape index (κ1) is 18.4. The SMILES string of the molecule is CCCc1[nH]nc(C(=O)NC2CCNC(C)C2)c1[N+](=O)[O-].Cl. The number of hydrogen-bond donors (Lipinski definition) is 3. The van der Waals surface area contributed by atoms with E-state index in [1.807, 2.05) is 6.92 Å². The van der Waals surface area contributed by atoms with Crippen LogP contribution < -0.4 is 10.6 Å². The van der Waals surface area contributed by atoms with Crippen molar-refractivity contribution >= 4 is 24.0 Å². The second-order valence-corrected chi connectivity index (χ2v) is 5.46. The maximum atomic E-state index is 12.2. The van der Waals surface area contributed by atoms with E-state index < -0.39 is 10.8 Å². The van der Waals surface area contributed by atoms with Crippen LogP contribution >= 0.6 is 12.4 Å². The Morgan fingerprint density at radius 3 is 2.86 bits per heavy atom. The molecule has 1 saturated heterocycles. The number of carbonyl (C=O) groups is 1. The summed E-state index contributed by atoms with van der Waals surface area (Å²) in [6.45, 7) is 4.80. The molecule has 1 amide bonds. The number of nitrogens with zero attached hydrogens (tertiary/aromatic N) is 2. The molecule has 22 heavy (non-hydrogen) atoms. The number of amides is 1. The standard InChI is InChI=1S/C13H21N5O3.ClH/c1-3-4-10-12(18(20)21)11(17-16-10)13(19)15-9-5-6-14-8(2)7-9;/h8-9,14H,3-7H2,1-2H3,(H,15,19)(H,16,17);1H. The van der Waals surface area contributed by atoms with Crippen molar-refractivity contribution in [1.82, 2.24) is 20.8 Å². The number of nitro groups is 1. The molecule has 0 radical (unpaired) electrons. The van der Waals surface area contributed by atoms with Crippen molar-refractivity contribution in [2.75, 3.05) is 6.54 Å². The normalized spacial score (nSPS) is 21.0. The van der Waals surface area contributed by atoms with Gasteiger partial charge in [-0.3, -0.25) is 20.0 Å². The smallest absolute Gasteiger partial charge is 0.322 e. The van der Waals surface area contributed by atoms with Crippen LogP contribution in [-0.4, -0.2) is 39.7 Å². The van der Waals surface area contributed by atoms with Gasteiger partial charge in [0.2, 0.25) is 5.69 Å². The first-order chi connectivity index (χ1) is 10.0. The summed E-state index contributed by atoms with van der Waals surface area (Å²) in [4.78, 5) is 22.9. The molecule has 2 atom stereocenters. The van der Waals surface area contributed by atoms with Crippen molar-refractivity contribution in [3.05, 3.63) is 21.5 Å². The van der Waals surface area contributed by atoms with E-state index >= 15 is 0 Å². The van der Waals surface area contributed by atoms with Crippen molar-refractivity contribution in [3.8, 4) is 0 Å². The van der Waals surface area contributed by atoms with Crippen molar-refractivity contribution in [2.24, 2.45) is 0 Å². The molecule has 1 fully saturated rings. The number of H-pyrrole nitrogens is 1. The van der Waals surface area contributed by atoms with Crippen LogP contribution in [0.2, 0.25) is 0 Å². The molecule has 1 aromatic rings. The Morgan fingerprint density at radius 2 is 2.27 bits per heavy atom. The predicted octanol–water partition coefficient (Wildman–Crippen LogP) is 1.56. The lowest BCUT2D eigenvalue weighted by molar-refractivity contribution is -0.385. The largest absolute Gasteiger partial charge is 0.348 e. The number of nitrogens with one attached hydrogen (secondary N) is 3. The zero-order valence-electron chi connectivity index (χ0n) is 12.7. The van der Waals surface area contributed by atoms with E-state index in [0.717, 1.165) is 25.8 Å². The maximum absolute atomic E-state index is 12.2. The lowest BCUT2D eigenvalue weighted by Gasteiger charge is -2.28. The van der Waals surface area contributed by atoms with Gasteiger partial charge in [0.05, 0.1) is 4.92 Å². The molecule has 2 heterocycles. The number of halogens is 1. The molecule has 1 aliphatic rings. The van der Waals surface area contributed by atoms with Gasteiger partial charge in [-0.25, -0.2) is 0 Å². The molecule has 1 aliphatic heterocycles. The van der Waals surface area contributed by atoms with Crippen LogP contribution in [0.5, 0.6) is 0 Å². The van der Waals surface area contributed by atoms with E-state index in [0.29, 0.717) is 18.2 Å². The third-order valence-corrected chi connectivity index (χ3v) is 3.67. The number of aryl methyl sites for hydroxylation is 1.